The maximum atomic E-state index is 12.8. The number of ketones is 3. The summed E-state index contributed by atoms with van der Waals surface area (Å²) in [5.41, 5.74) is 11.7. The lowest BCUT2D eigenvalue weighted by molar-refractivity contribution is -0.672. The lowest BCUT2D eigenvalue weighted by atomic mass is 10.0. The highest BCUT2D eigenvalue weighted by atomic mass is 127. The summed E-state index contributed by atoms with van der Waals surface area (Å²) in [7, 11) is 0. The molecule has 0 aliphatic carbocycles. The highest BCUT2D eigenvalue weighted by molar-refractivity contribution is 8.03. The van der Waals surface area contributed by atoms with E-state index in [2.05, 4.69) is 95.6 Å². The number of aryl methyl sites for hydroxylation is 3. The van der Waals surface area contributed by atoms with Crippen molar-refractivity contribution in [1.29, 1.82) is 0 Å². The van der Waals surface area contributed by atoms with Crippen LogP contribution >= 0.6 is 58.2 Å². The zero-order valence-corrected chi connectivity index (χ0v) is 56.6. The minimum absolute atomic E-state index is 0. The van der Waals surface area contributed by atoms with Gasteiger partial charge in [0.15, 0.2) is 36.7 Å². The van der Waals surface area contributed by atoms with Gasteiger partial charge < -0.3 is 69.3 Å². The zero-order chi connectivity index (χ0) is 66.1. The van der Waals surface area contributed by atoms with Crippen LogP contribution in [0.2, 0.25) is 20.1 Å². The second-order valence-corrected chi connectivity index (χ2v) is 23.2. The second kappa shape index (κ2) is 36.6. The lowest BCUT2D eigenvalue weighted by Crippen LogP contribution is -3.00. The molecule has 1 aliphatic heterocycles. The molecule has 4 aromatic carbocycles. The second-order valence-electron chi connectivity index (χ2n) is 20.6. The predicted molar refractivity (Wildman–Crippen MR) is 349 cm³/mol. The number of ether oxygens (including phenoxy) is 4. The first-order valence-corrected chi connectivity index (χ1v) is 31.6. The van der Waals surface area contributed by atoms with Gasteiger partial charge in [-0.1, -0.05) is 120 Å². The van der Waals surface area contributed by atoms with Crippen molar-refractivity contribution in [2.75, 3.05) is 44.4 Å². The van der Waals surface area contributed by atoms with Gasteiger partial charge in [-0.25, -0.2) is 9.59 Å². The monoisotopic (exact) mass is 1470 g/mol. The Hall–Kier alpha value is -7.59. The van der Waals surface area contributed by atoms with E-state index < -0.39 is 12.2 Å². The molecular weight excluding hydrogens is 1400 g/mol. The number of hydrogen-bond acceptors (Lipinski definition) is 16. The first kappa shape index (κ1) is 71.8. The summed E-state index contributed by atoms with van der Waals surface area (Å²) in [5.74, 6) is -0.709. The third kappa shape index (κ3) is 20.5. The molecule has 488 valence electrons. The summed E-state index contributed by atoms with van der Waals surface area (Å²) in [6.45, 7) is 13.8. The smallest absolute Gasteiger partial charge is 0.407 e. The average Bonchev–Trinajstić information content (AvgIpc) is 1.79. The molecule has 1 aliphatic rings. The van der Waals surface area contributed by atoms with Gasteiger partial charge in [-0.05, 0) is 104 Å². The van der Waals surface area contributed by atoms with E-state index in [4.69, 9.17) is 72.3 Å². The number of alkyl carbamates (subject to hydrolysis) is 2. The van der Waals surface area contributed by atoms with Crippen molar-refractivity contribution >= 4 is 116 Å². The molecule has 4 heterocycles. The van der Waals surface area contributed by atoms with E-state index in [1.807, 2.05) is 44.3 Å². The fraction of sp³-hybridized carbons (Fsp3) is 0.328. The SMILES string of the molecule is C=C(CC)C(=O)c1ccc(OCC(=O)CCCCn2cc(CNC(=O)OCCCN3C(=Cc4cc[n+](CCCOC(=O)NCc5cn(CCCNC(=O)COc6ccc(C(=O)C(=C)CC)c(Cl)c6Cl)nn5)c5ccccc45)Sc4ccccc43)nn2)c(Cl)c1Cl.[3H]O.[I-]. The minimum atomic E-state index is -0.578. The van der Waals surface area contributed by atoms with Crippen LogP contribution in [0.25, 0.3) is 17.0 Å². The molecule has 0 saturated heterocycles. The summed E-state index contributed by atoms with van der Waals surface area (Å²) in [6, 6.07) is 24.5. The summed E-state index contributed by atoms with van der Waals surface area (Å²) in [5, 5.41) is 27.1. The molecule has 0 atom stereocenters. The summed E-state index contributed by atoms with van der Waals surface area (Å²) in [6.07, 6.45) is 10.6. The maximum Gasteiger partial charge on any atom is 0.407 e. The molecule has 7 aromatic rings. The number of fused-ring (bicyclic) bond motifs is 2. The van der Waals surface area contributed by atoms with E-state index >= 15 is 0 Å². The number of carbonyl (C=O) groups is 6. The number of amides is 3. The number of Topliss-reactive ketones (excluding diaryl/α,β-unsaturated/α-hetero) is 3. The number of para-hydroxylation sites is 2. The van der Waals surface area contributed by atoms with Crippen LogP contribution in [0.5, 0.6) is 11.5 Å². The number of carbonyl (C=O) groups excluding carboxylic acids is 6. The Labute approximate surface area is 575 Å². The topological polar surface area (TPSA) is 275 Å². The number of unbranched alkanes of at least 4 members (excludes halogenated alkanes) is 1. The van der Waals surface area contributed by atoms with Crippen molar-refractivity contribution in [3.05, 3.63) is 175 Å². The number of allylic oxidation sites excluding steroid dienone is 2. The van der Waals surface area contributed by atoms with Gasteiger partial charge in [0.05, 0.1) is 64.8 Å². The number of aromatic nitrogens is 7. The number of nitrogens with one attached hydrogen (secondary N) is 3. The maximum absolute atomic E-state index is 12.8. The fourth-order valence-corrected chi connectivity index (χ4v) is 11.3. The number of nitrogens with zero attached hydrogens (tertiary/aromatic N) is 8. The molecule has 0 saturated carbocycles. The van der Waals surface area contributed by atoms with Crippen LogP contribution in [0.3, 0.4) is 0 Å². The van der Waals surface area contributed by atoms with Crippen LogP contribution in [0.15, 0.2) is 132 Å². The highest BCUT2D eigenvalue weighted by Gasteiger charge is 2.26. The average molecular weight is 1470 g/mol. The molecule has 3 aromatic heterocycles. The van der Waals surface area contributed by atoms with Crippen LogP contribution in [-0.2, 0) is 51.8 Å². The van der Waals surface area contributed by atoms with Crippen LogP contribution < -0.4 is 58.9 Å². The highest BCUT2D eigenvalue weighted by Crippen LogP contribution is 2.47. The Bertz CT molecular complexity index is 3840. The number of rotatable bonds is 34. The Balaban J connectivity index is 0.00000453. The molecule has 0 radical (unpaired) electrons. The lowest BCUT2D eigenvalue weighted by Gasteiger charge is -2.20. The predicted octanol–water partition coefficient (Wildman–Crippen LogP) is 8.35. The van der Waals surface area contributed by atoms with Crippen molar-refractivity contribution in [2.24, 2.45) is 0 Å². The van der Waals surface area contributed by atoms with Crippen molar-refractivity contribution < 1.29 is 83.2 Å². The van der Waals surface area contributed by atoms with E-state index in [0.717, 1.165) is 32.1 Å². The van der Waals surface area contributed by atoms with Gasteiger partial charge in [0.25, 0.3) is 5.91 Å². The zero-order valence-electron chi connectivity index (χ0n) is 51.6. The number of benzene rings is 4. The molecule has 92 heavy (non-hydrogen) atoms. The first-order chi connectivity index (χ1) is 44.5. The normalized spacial score (nSPS) is 12.0. The molecule has 5 N–H and O–H groups in total. The van der Waals surface area contributed by atoms with Crippen molar-refractivity contribution in [1.82, 2.24) is 45.9 Å². The molecule has 8 rings (SSSR count). The molecule has 0 unspecified atom stereocenters. The molecule has 3 amide bonds. The van der Waals surface area contributed by atoms with Crippen LogP contribution in [0.4, 0.5) is 15.3 Å². The van der Waals surface area contributed by atoms with Gasteiger partial charge in [-0.2, -0.15) is 4.57 Å². The van der Waals surface area contributed by atoms with Crippen LogP contribution in [-0.4, -0.2) is 110 Å². The largest absolute Gasteiger partial charge is 1.00 e. The quantitative estimate of drug-likeness (QED) is 0.0112. The number of hydrogen-bond donors (Lipinski definition) is 3. The number of anilines is 1. The first-order valence-electron chi connectivity index (χ1n) is 29.7. The van der Waals surface area contributed by atoms with E-state index in [0.29, 0.717) is 100 Å². The van der Waals surface area contributed by atoms with Gasteiger partial charge >= 0.3 is 12.2 Å². The summed E-state index contributed by atoms with van der Waals surface area (Å²) < 4.78 is 32.4. The van der Waals surface area contributed by atoms with Crippen LogP contribution in [0.1, 0.15) is 104 Å². The van der Waals surface area contributed by atoms with Crippen molar-refractivity contribution in [3.63, 3.8) is 0 Å². The summed E-state index contributed by atoms with van der Waals surface area (Å²) >= 11 is 27.0. The molecule has 0 bridgehead atoms. The minimum Gasteiger partial charge on any atom is -1.00 e. The number of pyridine rings is 1. The summed E-state index contributed by atoms with van der Waals surface area (Å²) in [4.78, 5) is 78.9. The van der Waals surface area contributed by atoms with E-state index in [1.165, 1.54) is 24.3 Å². The third-order valence-electron chi connectivity index (χ3n) is 14.2. The Morgan fingerprint density at radius 1 is 0.663 bits per heavy atom. The van der Waals surface area contributed by atoms with Crippen LogP contribution in [0, 0.1) is 0 Å². The van der Waals surface area contributed by atoms with Gasteiger partial charge in [0, 0.05) is 67.2 Å². The third-order valence-corrected chi connectivity index (χ3v) is 17.1. The number of halogens is 5. The van der Waals surface area contributed by atoms with Gasteiger partial charge in [0.2, 0.25) is 6.95 Å². The van der Waals surface area contributed by atoms with Crippen molar-refractivity contribution in [3.8, 4) is 11.5 Å². The number of thioether (sulfide) groups is 1. The molecule has 28 heteroatoms. The molecule has 0 spiro atoms. The van der Waals surface area contributed by atoms with E-state index in [1.54, 1.807) is 33.5 Å². The molecular formula is C64H70Cl4IN11O11S. The Kier molecular flexibility index (Phi) is 28.6. The van der Waals surface area contributed by atoms with E-state index in [-0.39, 0.29) is 136 Å². The van der Waals surface area contributed by atoms with Gasteiger partial charge in [-0.15, -0.1) is 10.2 Å². The Morgan fingerprint density at radius 3 is 1.85 bits per heavy atom. The van der Waals surface area contributed by atoms with Gasteiger partial charge in [-0.3, -0.25) is 28.5 Å². The fourth-order valence-electron chi connectivity index (χ4n) is 9.25. The molecule has 0 fully saturated rings. The van der Waals surface area contributed by atoms with Gasteiger partial charge in [0.1, 0.15) is 39.5 Å². The Morgan fingerprint density at radius 2 is 1.23 bits per heavy atom. The van der Waals surface area contributed by atoms with Crippen molar-refractivity contribution in [2.45, 2.75) is 103 Å². The standard InChI is InChI=1S/C64H67Cl4N11O10S.HI.H2O/c1-5-41(3)61(82)48-21-23-52(59(67)57(48)65)88-39-46(80)16-11-12-28-77-37-44(72-74-77)35-71-64(85)87-33-15-30-79-51-19-9-10-20-54(51)90-56(79)34-43-25-31-76(50-18-8-7-17-47(43)50)27-14-32-86-63(84)70-36-45-38-78(75-73-45)29-13-26-69-55(81)40-89-53-24-22-49(58(66)60(53)68)62(83)42(4)6-2;;/h7-10,17-25,31,34,37-38H,3-6,11-16,26-30,32-33,35-36,39-40H2,1-2H3,(H2-,69,70,71,81,84,85);1H;1H2/i/hT. The van der Waals surface area contributed by atoms with E-state index in [9.17, 15) is 28.8 Å². The molecule has 22 nitrogen and oxygen atoms in total.